The fourth-order valence-corrected chi connectivity index (χ4v) is 2.88. The molecule has 0 fully saturated rings. The molecule has 6 heteroatoms. The zero-order valence-electron chi connectivity index (χ0n) is 13.6. The lowest BCUT2D eigenvalue weighted by atomic mass is 10.1. The molecule has 1 atom stereocenters. The molecule has 2 rings (SSSR count). The molecule has 1 N–H and O–H groups in total. The van der Waals surface area contributed by atoms with E-state index >= 15 is 0 Å². The summed E-state index contributed by atoms with van der Waals surface area (Å²) in [6, 6.07) is 17.8. The minimum absolute atomic E-state index is 0.223. The lowest BCUT2D eigenvalue weighted by Crippen LogP contribution is -2.27. The summed E-state index contributed by atoms with van der Waals surface area (Å²) in [5.74, 6) is 1.13. The molecule has 1 amide bonds. The van der Waals surface area contributed by atoms with Gasteiger partial charge in [0, 0.05) is 25.6 Å². The predicted molar refractivity (Wildman–Crippen MR) is 93.9 cm³/mol. The van der Waals surface area contributed by atoms with Crippen molar-refractivity contribution in [3.8, 4) is 0 Å². The molecule has 24 heavy (non-hydrogen) atoms. The second-order valence-corrected chi connectivity index (χ2v) is 7.08. The number of rotatable bonds is 7. The van der Waals surface area contributed by atoms with Crippen LogP contribution in [-0.2, 0) is 13.6 Å². The summed E-state index contributed by atoms with van der Waals surface area (Å²) in [4.78, 5) is 12.4. The van der Waals surface area contributed by atoms with Crippen LogP contribution < -0.4 is 5.32 Å². The third-order valence-electron chi connectivity index (χ3n) is 3.45. The Morgan fingerprint density at radius 1 is 1.00 bits per heavy atom. The molecule has 126 valence electrons. The summed E-state index contributed by atoms with van der Waals surface area (Å²) >= 11 is 0. The van der Waals surface area contributed by atoms with Crippen LogP contribution in [0.4, 0.5) is 0 Å². The molecule has 0 radical (unpaired) electrons. The van der Waals surface area contributed by atoms with E-state index in [-0.39, 0.29) is 5.91 Å². The van der Waals surface area contributed by atoms with Crippen molar-refractivity contribution in [1.29, 1.82) is 0 Å². The summed E-state index contributed by atoms with van der Waals surface area (Å²) in [6.07, 6.45) is 1.62. The first-order chi connectivity index (χ1) is 11.6. The van der Waals surface area contributed by atoms with Crippen LogP contribution in [0, 0.1) is 0 Å². The Bertz CT molecular complexity index is 723. The average Bonchev–Trinajstić information content (AvgIpc) is 2.66. The Hall–Kier alpha value is -2.20. The van der Waals surface area contributed by atoms with E-state index in [1.165, 1.54) is 20.0 Å². The summed E-state index contributed by atoms with van der Waals surface area (Å²) in [7, 11) is -0.674. The van der Waals surface area contributed by atoms with Crippen LogP contribution in [0.15, 0.2) is 72.6 Å². The van der Waals surface area contributed by atoms with Gasteiger partial charge in [0.25, 0.3) is 5.91 Å². The predicted octanol–water partition coefficient (Wildman–Crippen LogP) is 4.16. The van der Waals surface area contributed by atoms with E-state index in [2.05, 4.69) is 5.32 Å². The van der Waals surface area contributed by atoms with E-state index < -0.39 is 13.6 Å². The lowest BCUT2D eigenvalue weighted by molar-refractivity contribution is 0.0944. The number of hydrogen-bond donors (Lipinski definition) is 1. The van der Waals surface area contributed by atoms with E-state index in [0.29, 0.717) is 5.56 Å². The Kier molecular flexibility index (Phi) is 6.50. The van der Waals surface area contributed by atoms with E-state index in [4.69, 9.17) is 9.05 Å². The molecule has 5 nitrogen and oxygen atoms in total. The molecule has 0 saturated carbocycles. The summed E-state index contributed by atoms with van der Waals surface area (Å²) < 4.78 is 22.0. The van der Waals surface area contributed by atoms with Crippen molar-refractivity contribution in [2.24, 2.45) is 0 Å². The quantitative estimate of drug-likeness (QED) is 0.766. The van der Waals surface area contributed by atoms with Gasteiger partial charge >= 0.3 is 7.60 Å². The third-order valence-corrected chi connectivity index (χ3v) is 5.01. The van der Waals surface area contributed by atoms with Crippen molar-refractivity contribution in [2.75, 3.05) is 14.2 Å². The van der Waals surface area contributed by atoms with Gasteiger partial charge in [-0.3, -0.25) is 9.36 Å². The maximum Gasteiger partial charge on any atom is 0.353 e. The second kappa shape index (κ2) is 8.60. The Balaban J connectivity index is 2.26. The highest BCUT2D eigenvalue weighted by molar-refractivity contribution is 7.57. The van der Waals surface area contributed by atoms with E-state index in [1.54, 1.807) is 30.3 Å². The standard InChI is InChI=1S/C18H20NO4P/c1-22-24(21,23-2)14-13-17(15-9-5-3-6-10-15)19-18(20)16-11-7-4-8-12-16/h3-14,17H,1-2H3,(H,19,20)/b14-13+. The minimum atomic E-state index is -3.30. The first-order valence-electron chi connectivity index (χ1n) is 7.39. The fourth-order valence-electron chi connectivity index (χ4n) is 2.10. The second-order valence-electron chi connectivity index (χ2n) is 4.97. The largest absolute Gasteiger partial charge is 0.353 e. The van der Waals surface area contributed by atoms with Crippen molar-refractivity contribution in [2.45, 2.75) is 6.04 Å². The fraction of sp³-hybridized carbons (Fsp3) is 0.167. The van der Waals surface area contributed by atoms with Crippen LogP contribution >= 0.6 is 7.60 Å². The van der Waals surface area contributed by atoms with Gasteiger partial charge in [0.2, 0.25) is 0 Å². The highest BCUT2D eigenvalue weighted by Crippen LogP contribution is 2.48. The Labute approximate surface area is 141 Å². The van der Waals surface area contributed by atoms with Gasteiger partial charge in [-0.25, -0.2) is 0 Å². The molecule has 0 heterocycles. The monoisotopic (exact) mass is 345 g/mol. The van der Waals surface area contributed by atoms with Gasteiger partial charge in [0.05, 0.1) is 6.04 Å². The SMILES string of the molecule is COP(=O)(/C=C/C(NC(=O)c1ccccc1)c1ccccc1)OC. The molecule has 1 unspecified atom stereocenters. The number of carbonyl (C=O) groups is 1. The number of hydrogen-bond acceptors (Lipinski definition) is 4. The molecule has 0 aromatic heterocycles. The molecule has 0 aliphatic carbocycles. The minimum Gasteiger partial charge on any atom is -0.342 e. The average molecular weight is 345 g/mol. The van der Waals surface area contributed by atoms with Gasteiger partial charge in [-0.05, 0) is 23.8 Å². The molecule has 0 aliphatic heterocycles. The molecule has 2 aromatic carbocycles. The molecular weight excluding hydrogens is 325 g/mol. The molecular formula is C18H20NO4P. The van der Waals surface area contributed by atoms with Crippen molar-refractivity contribution in [3.05, 3.63) is 83.7 Å². The van der Waals surface area contributed by atoms with Gasteiger partial charge in [-0.15, -0.1) is 0 Å². The molecule has 0 aliphatic rings. The van der Waals surface area contributed by atoms with Gasteiger partial charge in [-0.1, -0.05) is 48.5 Å². The highest BCUT2D eigenvalue weighted by atomic mass is 31.2. The van der Waals surface area contributed by atoms with E-state index in [0.717, 1.165) is 5.56 Å². The van der Waals surface area contributed by atoms with Gasteiger partial charge < -0.3 is 14.4 Å². The molecule has 2 aromatic rings. The van der Waals surface area contributed by atoms with Crippen molar-refractivity contribution < 1.29 is 18.4 Å². The van der Waals surface area contributed by atoms with Crippen molar-refractivity contribution in [3.63, 3.8) is 0 Å². The van der Waals surface area contributed by atoms with Crippen LogP contribution in [0.1, 0.15) is 22.0 Å². The first kappa shape index (κ1) is 18.1. The van der Waals surface area contributed by atoms with Crippen molar-refractivity contribution in [1.82, 2.24) is 5.32 Å². The molecule has 0 bridgehead atoms. The zero-order chi connectivity index (χ0) is 17.4. The van der Waals surface area contributed by atoms with Crippen LogP contribution in [0.2, 0.25) is 0 Å². The summed E-state index contributed by atoms with van der Waals surface area (Å²) in [5.41, 5.74) is 1.41. The smallest absolute Gasteiger partial charge is 0.342 e. The van der Waals surface area contributed by atoms with Gasteiger partial charge in [0.15, 0.2) is 0 Å². The lowest BCUT2D eigenvalue weighted by Gasteiger charge is -2.17. The summed E-state index contributed by atoms with van der Waals surface area (Å²) in [6.45, 7) is 0. The Morgan fingerprint density at radius 3 is 2.08 bits per heavy atom. The van der Waals surface area contributed by atoms with Crippen molar-refractivity contribution >= 4 is 13.5 Å². The molecule has 0 saturated heterocycles. The number of carbonyl (C=O) groups excluding carboxylic acids is 1. The summed E-state index contributed by atoms with van der Waals surface area (Å²) in [5, 5.41) is 2.91. The van der Waals surface area contributed by atoms with E-state index in [1.807, 2.05) is 36.4 Å². The molecule has 0 spiro atoms. The number of nitrogens with one attached hydrogen (secondary N) is 1. The topological polar surface area (TPSA) is 64.6 Å². The van der Waals surface area contributed by atoms with Crippen LogP contribution in [0.3, 0.4) is 0 Å². The third kappa shape index (κ3) is 4.90. The van der Waals surface area contributed by atoms with E-state index in [9.17, 15) is 9.36 Å². The van der Waals surface area contributed by atoms with Crippen LogP contribution in [0.25, 0.3) is 0 Å². The zero-order valence-corrected chi connectivity index (χ0v) is 14.5. The van der Waals surface area contributed by atoms with Crippen LogP contribution in [-0.4, -0.2) is 20.1 Å². The normalized spacial score (nSPS) is 12.9. The Morgan fingerprint density at radius 2 is 1.54 bits per heavy atom. The number of benzene rings is 2. The van der Waals surface area contributed by atoms with Gasteiger partial charge in [0.1, 0.15) is 0 Å². The number of amides is 1. The first-order valence-corrected chi connectivity index (χ1v) is 9.00. The highest BCUT2D eigenvalue weighted by Gasteiger charge is 2.19. The maximum atomic E-state index is 12.4. The van der Waals surface area contributed by atoms with Crippen LogP contribution in [0.5, 0.6) is 0 Å². The maximum absolute atomic E-state index is 12.4. The van der Waals surface area contributed by atoms with Gasteiger partial charge in [-0.2, -0.15) is 0 Å².